The van der Waals surface area contributed by atoms with E-state index in [-0.39, 0.29) is 12.0 Å². The van der Waals surface area contributed by atoms with Crippen molar-refractivity contribution in [2.75, 3.05) is 33.4 Å². The summed E-state index contributed by atoms with van der Waals surface area (Å²) < 4.78 is 10.2. The molecule has 0 unspecified atom stereocenters. The quantitative estimate of drug-likeness (QED) is 0.667. The third-order valence-electron chi connectivity index (χ3n) is 3.19. The molecule has 0 radical (unpaired) electrons. The number of hydrogen-bond acceptors (Lipinski definition) is 4. The van der Waals surface area contributed by atoms with Gasteiger partial charge in [0.2, 0.25) is 0 Å². The minimum absolute atomic E-state index is 0.136. The fourth-order valence-electron chi connectivity index (χ4n) is 1.97. The molecule has 1 amide bonds. The second-order valence-corrected chi connectivity index (χ2v) is 4.21. The lowest BCUT2D eigenvalue weighted by atomic mass is 9.91. The maximum Gasteiger partial charge on any atom is 0.254 e. The number of likely N-dealkylation sites (tertiary alicyclic amines) is 1. The first-order valence-electron chi connectivity index (χ1n) is 5.28. The molecule has 86 valence electrons. The number of rotatable bonds is 2. The zero-order valence-electron chi connectivity index (χ0n) is 8.94. The lowest BCUT2D eigenvalue weighted by molar-refractivity contribution is -0.171. The molecule has 2 rings (SSSR count). The highest BCUT2D eigenvalue weighted by molar-refractivity contribution is 5.85. The standard InChI is InChI=1S/C10H17NO4/c1-14-8-6-11(7-8)9(12)10(13)2-4-15-5-3-10/h8,13H,2-7H2,1H3. The third kappa shape index (κ3) is 2.00. The van der Waals surface area contributed by atoms with Gasteiger partial charge in [0.25, 0.3) is 5.91 Å². The average molecular weight is 215 g/mol. The zero-order chi connectivity index (χ0) is 10.9. The number of aliphatic hydroxyl groups is 1. The first-order valence-corrected chi connectivity index (χ1v) is 5.28. The summed E-state index contributed by atoms with van der Waals surface area (Å²) in [7, 11) is 1.63. The molecule has 2 fully saturated rings. The zero-order valence-corrected chi connectivity index (χ0v) is 8.94. The predicted molar refractivity (Wildman–Crippen MR) is 52.4 cm³/mol. The molecule has 0 saturated carbocycles. The van der Waals surface area contributed by atoms with Crippen molar-refractivity contribution >= 4 is 5.91 Å². The van der Waals surface area contributed by atoms with Gasteiger partial charge < -0.3 is 19.5 Å². The second kappa shape index (κ2) is 4.08. The molecule has 1 N–H and O–H groups in total. The molecule has 0 aromatic carbocycles. The van der Waals surface area contributed by atoms with E-state index in [9.17, 15) is 9.90 Å². The van der Waals surface area contributed by atoms with E-state index in [0.717, 1.165) is 0 Å². The van der Waals surface area contributed by atoms with Crippen LogP contribution in [0.5, 0.6) is 0 Å². The molecule has 2 saturated heterocycles. The van der Waals surface area contributed by atoms with Crippen LogP contribution < -0.4 is 0 Å². The molecule has 0 spiro atoms. The van der Waals surface area contributed by atoms with Gasteiger partial charge in [-0.25, -0.2) is 0 Å². The smallest absolute Gasteiger partial charge is 0.254 e. The third-order valence-corrected chi connectivity index (χ3v) is 3.19. The van der Waals surface area contributed by atoms with Crippen LogP contribution in [-0.4, -0.2) is 61.0 Å². The number of carbonyl (C=O) groups excluding carboxylic acids is 1. The maximum atomic E-state index is 11.9. The highest BCUT2D eigenvalue weighted by Gasteiger charge is 2.44. The lowest BCUT2D eigenvalue weighted by Crippen LogP contribution is -2.61. The van der Waals surface area contributed by atoms with Crippen molar-refractivity contribution in [3.63, 3.8) is 0 Å². The number of amides is 1. The maximum absolute atomic E-state index is 11.9. The molecule has 2 aliphatic rings. The topological polar surface area (TPSA) is 59.0 Å². The van der Waals surface area contributed by atoms with Gasteiger partial charge in [0.1, 0.15) is 5.60 Å². The van der Waals surface area contributed by atoms with Crippen molar-refractivity contribution in [1.82, 2.24) is 4.90 Å². The Bertz CT molecular complexity index is 244. The van der Waals surface area contributed by atoms with Gasteiger partial charge in [-0.15, -0.1) is 0 Å². The molecule has 0 atom stereocenters. The first kappa shape index (κ1) is 10.9. The van der Waals surface area contributed by atoms with Crippen molar-refractivity contribution in [2.24, 2.45) is 0 Å². The molecule has 0 aromatic rings. The number of hydrogen-bond donors (Lipinski definition) is 1. The Balaban J connectivity index is 1.90. The van der Waals surface area contributed by atoms with E-state index in [1.165, 1.54) is 0 Å². The summed E-state index contributed by atoms with van der Waals surface area (Å²) in [4.78, 5) is 13.6. The van der Waals surface area contributed by atoms with Gasteiger partial charge in [0, 0.05) is 46.3 Å². The largest absolute Gasteiger partial charge is 0.381 e. The van der Waals surface area contributed by atoms with Crippen LogP contribution >= 0.6 is 0 Å². The summed E-state index contributed by atoms with van der Waals surface area (Å²) in [5.41, 5.74) is -1.20. The van der Waals surface area contributed by atoms with E-state index in [1.54, 1.807) is 12.0 Å². The van der Waals surface area contributed by atoms with Crippen LogP contribution in [0.2, 0.25) is 0 Å². The van der Waals surface area contributed by atoms with Crippen LogP contribution in [0.15, 0.2) is 0 Å². The fraction of sp³-hybridized carbons (Fsp3) is 0.900. The molecular weight excluding hydrogens is 198 g/mol. The molecule has 5 heteroatoms. The SMILES string of the molecule is COC1CN(C(=O)C2(O)CCOCC2)C1. The van der Waals surface area contributed by atoms with E-state index in [4.69, 9.17) is 9.47 Å². The minimum atomic E-state index is -1.20. The number of ether oxygens (including phenoxy) is 2. The summed E-state index contributed by atoms with van der Waals surface area (Å²) in [6, 6.07) is 0. The van der Waals surface area contributed by atoms with E-state index in [0.29, 0.717) is 39.1 Å². The van der Waals surface area contributed by atoms with Crippen molar-refractivity contribution in [1.29, 1.82) is 0 Å². The van der Waals surface area contributed by atoms with Gasteiger partial charge in [0.05, 0.1) is 6.10 Å². The van der Waals surface area contributed by atoms with E-state index < -0.39 is 5.60 Å². The molecule has 0 aliphatic carbocycles. The van der Waals surface area contributed by atoms with Crippen molar-refractivity contribution in [3.05, 3.63) is 0 Å². The Morgan fingerprint density at radius 3 is 2.60 bits per heavy atom. The molecule has 2 aliphatic heterocycles. The number of carbonyl (C=O) groups is 1. The summed E-state index contributed by atoms with van der Waals surface area (Å²) >= 11 is 0. The van der Waals surface area contributed by atoms with Crippen LogP contribution in [0.3, 0.4) is 0 Å². The highest BCUT2D eigenvalue weighted by atomic mass is 16.5. The van der Waals surface area contributed by atoms with Gasteiger partial charge in [-0.1, -0.05) is 0 Å². The fourth-order valence-corrected chi connectivity index (χ4v) is 1.97. The van der Waals surface area contributed by atoms with Crippen LogP contribution in [-0.2, 0) is 14.3 Å². The molecular formula is C10H17NO4. The van der Waals surface area contributed by atoms with Crippen molar-refractivity contribution < 1.29 is 19.4 Å². The molecule has 5 nitrogen and oxygen atoms in total. The van der Waals surface area contributed by atoms with Gasteiger partial charge in [-0.3, -0.25) is 4.79 Å². The van der Waals surface area contributed by atoms with Crippen LogP contribution in [0, 0.1) is 0 Å². The minimum Gasteiger partial charge on any atom is -0.381 e. The van der Waals surface area contributed by atoms with Gasteiger partial charge in [0.15, 0.2) is 0 Å². The lowest BCUT2D eigenvalue weighted by Gasteiger charge is -2.43. The molecule has 15 heavy (non-hydrogen) atoms. The molecule has 0 aromatic heterocycles. The predicted octanol–water partition coefficient (Wildman–Crippen LogP) is -0.615. The Hall–Kier alpha value is -0.650. The van der Waals surface area contributed by atoms with Crippen molar-refractivity contribution in [3.8, 4) is 0 Å². The molecule has 2 heterocycles. The number of methoxy groups -OCH3 is 1. The second-order valence-electron chi connectivity index (χ2n) is 4.21. The van der Waals surface area contributed by atoms with E-state index in [2.05, 4.69) is 0 Å². The van der Waals surface area contributed by atoms with E-state index in [1.807, 2.05) is 0 Å². The van der Waals surface area contributed by atoms with Crippen LogP contribution in [0.4, 0.5) is 0 Å². The van der Waals surface area contributed by atoms with E-state index >= 15 is 0 Å². The van der Waals surface area contributed by atoms with Gasteiger partial charge in [-0.05, 0) is 0 Å². The summed E-state index contributed by atoms with van der Waals surface area (Å²) in [6.45, 7) is 2.12. The first-order chi connectivity index (χ1) is 7.15. The summed E-state index contributed by atoms with van der Waals surface area (Å²) in [5.74, 6) is -0.167. The van der Waals surface area contributed by atoms with Crippen LogP contribution in [0.25, 0.3) is 0 Å². The van der Waals surface area contributed by atoms with Gasteiger partial charge in [-0.2, -0.15) is 0 Å². The Kier molecular flexibility index (Phi) is 2.95. The Morgan fingerprint density at radius 2 is 2.07 bits per heavy atom. The monoisotopic (exact) mass is 215 g/mol. The molecule has 0 bridgehead atoms. The Morgan fingerprint density at radius 1 is 1.47 bits per heavy atom. The Labute approximate surface area is 89.0 Å². The van der Waals surface area contributed by atoms with Gasteiger partial charge >= 0.3 is 0 Å². The van der Waals surface area contributed by atoms with Crippen molar-refractivity contribution in [2.45, 2.75) is 24.5 Å². The van der Waals surface area contributed by atoms with Crippen LogP contribution in [0.1, 0.15) is 12.8 Å². The summed E-state index contributed by atoms with van der Waals surface area (Å²) in [5, 5.41) is 10.1. The number of nitrogens with zero attached hydrogens (tertiary/aromatic N) is 1. The normalized spacial score (nSPS) is 26.1. The summed E-state index contributed by atoms with van der Waals surface area (Å²) in [6.07, 6.45) is 0.942. The average Bonchev–Trinajstić information content (AvgIpc) is 2.17. The highest BCUT2D eigenvalue weighted by Crippen LogP contribution is 2.25.